The number of hydrogen-bond donors (Lipinski definition) is 2. The molecule has 1 atom stereocenters. The van der Waals surface area contributed by atoms with Gasteiger partial charge in [0, 0.05) is 13.1 Å². The van der Waals surface area contributed by atoms with E-state index in [4.69, 9.17) is 16.7 Å². The molecule has 2 rings (SSSR count). The van der Waals surface area contributed by atoms with Gasteiger partial charge in [-0.3, -0.25) is 4.79 Å². The molecule has 1 aliphatic heterocycles. The summed E-state index contributed by atoms with van der Waals surface area (Å²) in [5.41, 5.74) is 0. The normalized spacial score (nSPS) is 20.5. The molecule has 0 aliphatic carbocycles. The zero-order chi connectivity index (χ0) is 15.5. The number of nitrogens with zero attached hydrogens (tertiary/aromatic N) is 1. The lowest BCUT2D eigenvalue weighted by atomic mass is 10.00. The molecule has 0 amide bonds. The molecule has 2 N–H and O–H groups in total. The van der Waals surface area contributed by atoms with E-state index in [9.17, 15) is 13.2 Å². The Morgan fingerprint density at radius 2 is 2.29 bits per heavy atom. The summed E-state index contributed by atoms with van der Waals surface area (Å²) in [7, 11) is -3.49. The van der Waals surface area contributed by atoms with Crippen molar-refractivity contribution in [3.05, 3.63) is 16.5 Å². The fraction of sp³-hybridized carbons (Fsp3) is 0.583. The van der Waals surface area contributed by atoms with Crippen LogP contribution in [0.15, 0.2) is 16.3 Å². The minimum absolute atomic E-state index is 0.107. The van der Waals surface area contributed by atoms with Gasteiger partial charge in [0.2, 0.25) is 0 Å². The van der Waals surface area contributed by atoms with Crippen LogP contribution in [0.4, 0.5) is 0 Å². The first-order valence-corrected chi connectivity index (χ1v) is 9.21. The summed E-state index contributed by atoms with van der Waals surface area (Å²) in [6.45, 7) is 1.30. The molecule has 21 heavy (non-hydrogen) atoms. The maximum atomic E-state index is 12.5. The molecule has 118 valence electrons. The summed E-state index contributed by atoms with van der Waals surface area (Å²) in [6, 6.07) is 3.10. The Morgan fingerprint density at radius 3 is 2.90 bits per heavy atom. The maximum Gasteiger partial charge on any atom is 0.317 e. The highest BCUT2D eigenvalue weighted by molar-refractivity contribution is 7.91. The van der Waals surface area contributed by atoms with Crippen molar-refractivity contribution < 1.29 is 18.3 Å². The Hall–Kier alpha value is -0.670. The number of nitrogens with one attached hydrogen (secondary N) is 1. The van der Waals surface area contributed by atoms with Gasteiger partial charge in [-0.15, -0.1) is 11.3 Å². The molecule has 0 aromatic carbocycles. The minimum atomic E-state index is -3.49. The first-order chi connectivity index (χ1) is 9.89. The summed E-state index contributed by atoms with van der Waals surface area (Å²) >= 11 is 6.86. The molecule has 1 saturated heterocycles. The quantitative estimate of drug-likeness (QED) is 0.809. The van der Waals surface area contributed by atoms with Gasteiger partial charge in [-0.2, -0.15) is 4.31 Å². The van der Waals surface area contributed by atoms with E-state index in [0.29, 0.717) is 24.0 Å². The van der Waals surface area contributed by atoms with E-state index < -0.39 is 16.0 Å². The second-order valence-electron chi connectivity index (χ2n) is 4.95. The standard InChI is InChI=1S/C12H17ClN2O4S2/c13-10-3-4-12(20-10)21(18,19)15-5-1-2-9(8-15)6-14-7-11(16)17/h3-4,9,14H,1-2,5-8H2,(H,16,17). The Morgan fingerprint density at radius 1 is 1.52 bits per heavy atom. The number of aliphatic carboxylic acids is 1. The van der Waals surface area contributed by atoms with Crippen molar-refractivity contribution in [3.63, 3.8) is 0 Å². The van der Waals surface area contributed by atoms with Crippen molar-refractivity contribution in [2.24, 2.45) is 5.92 Å². The van der Waals surface area contributed by atoms with Crippen LogP contribution in [0.1, 0.15) is 12.8 Å². The van der Waals surface area contributed by atoms with E-state index in [-0.39, 0.29) is 16.7 Å². The first kappa shape index (κ1) is 16.7. The maximum absolute atomic E-state index is 12.5. The third-order valence-electron chi connectivity index (χ3n) is 3.33. The molecule has 0 bridgehead atoms. The van der Waals surface area contributed by atoms with Crippen LogP contribution >= 0.6 is 22.9 Å². The summed E-state index contributed by atoms with van der Waals surface area (Å²) in [5, 5.41) is 11.4. The van der Waals surface area contributed by atoms with Crippen molar-refractivity contribution in [1.82, 2.24) is 9.62 Å². The van der Waals surface area contributed by atoms with Crippen LogP contribution in [0, 0.1) is 5.92 Å². The summed E-state index contributed by atoms with van der Waals surface area (Å²) in [5.74, 6) is -0.785. The van der Waals surface area contributed by atoms with E-state index >= 15 is 0 Å². The SMILES string of the molecule is O=C(O)CNCC1CCCN(S(=O)(=O)c2ccc(Cl)s2)C1. The van der Waals surface area contributed by atoms with E-state index in [1.165, 1.54) is 10.4 Å². The molecule has 9 heteroatoms. The van der Waals surface area contributed by atoms with Gasteiger partial charge in [0.25, 0.3) is 10.0 Å². The van der Waals surface area contributed by atoms with Crippen LogP contribution in [-0.2, 0) is 14.8 Å². The zero-order valence-corrected chi connectivity index (χ0v) is 13.7. The number of rotatable bonds is 6. The highest BCUT2D eigenvalue weighted by atomic mass is 35.5. The predicted molar refractivity (Wildman–Crippen MR) is 81.3 cm³/mol. The molecule has 0 saturated carbocycles. The fourth-order valence-electron chi connectivity index (χ4n) is 2.36. The highest BCUT2D eigenvalue weighted by Gasteiger charge is 2.31. The fourth-order valence-corrected chi connectivity index (χ4v) is 5.55. The summed E-state index contributed by atoms with van der Waals surface area (Å²) in [6.07, 6.45) is 1.67. The lowest BCUT2D eigenvalue weighted by Crippen LogP contribution is -2.43. The van der Waals surface area contributed by atoms with Gasteiger partial charge in [-0.1, -0.05) is 11.6 Å². The average Bonchev–Trinajstić information content (AvgIpc) is 2.86. The van der Waals surface area contributed by atoms with Crippen LogP contribution in [0.5, 0.6) is 0 Å². The predicted octanol–water partition coefficient (Wildman–Crippen LogP) is 1.48. The molecule has 2 heterocycles. The van der Waals surface area contributed by atoms with Crippen LogP contribution in [0.3, 0.4) is 0 Å². The highest BCUT2D eigenvalue weighted by Crippen LogP contribution is 2.30. The molecular formula is C12H17ClN2O4S2. The third-order valence-corrected chi connectivity index (χ3v) is 6.90. The first-order valence-electron chi connectivity index (χ1n) is 6.57. The minimum Gasteiger partial charge on any atom is -0.480 e. The number of sulfonamides is 1. The van der Waals surface area contributed by atoms with Gasteiger partial charge in [-0.25, -0.2) is 8.42 Å². The van der Waals surface area contributed by atoms with Gasteiger partial charge in [0.05, 0.1) is 10.9 Å². The number of piperidine rings is 1. The summed E-state index contributed by atoms with van der Waals surface area (Å²) in [4.78, 5) is 10.5. The molecule has 0 spiro atoms. The number of carboxylic acid groups (broad SMARTS) is 1. The zero-order valence-electron chi connectivity index (χ0n) is 11.3. The number of carboxylic acids is 1. The van der Waals surface area contributed by atoms with Crippen molar-refractivity contribution in [2.75, 3.05) is 26.2 Å². The smallest absolute Gasteiger partial charge is 0.317 e. The van der Waals surface area contributed by atoms with Crippen molar-refractivity contribution >= 4 is 38.9 Å². The lowest BCUT2D eigenvalue weighted by Gasteiger charge is -2.31. The lowest BCUT2D eigenvalue weighted by molar-refractivity contribution is -0.136. The van der Waals surface area contributed by atoms with Crippen molar-refractivity contribution in [2.45, 2.75) is 17.1 Å². The Bertz CT molecular complexity index is 602. The van der Waals surface area contributed by atoms with Gasteiger partial charge >= 0.3 is 5.97 Å². The monoisotopic (exact) mass is 352 g/mol. The molecule has 1 aromatic rings. The van der Waals surface area contributed by atoms with Crippen LogP contribution < -0.4 is 5.32 Å². The van der Waals surface area contributed by atoms with Crippen molar-refractivity contribution in [3.8, 4) is 0 Å². The average molecular weight is 353 g/mol. The molecule has 1 unspecified atom stereocenters. The number of halogens is 1. The van der Waals surface area contributed by atoms with E-state index in [0.717, 1.165) is 24.2 Å². The van der Waals surface area contributed by atoms with Crippen LogP contribution in [-0.4, -0.2) is 50.0 Å². The number of carbonyl (C=O) groups is 1. The van der Waals surface area contributed by atoms with Crippen LogP contribution in [0.25, 0.3) is 0 Å². The van der Waals surface area contributed by atoms with E-state index in [2.05, 4.69) is 5.32 Å². The number of thiophene rings is 1. The third kappa shape index (κ3) is 4.40. The topological polar surface area (TPSA) is 86.7 Å². The Balaban J connectivity index is 1.98. The van der Waals surface area contributed by atoms with E-state index in [1.807, 2.05) is 0 Å². The molecule has 1 aliphatic rings. The molecule has 1 aromatic heterocycles. The second kappa shape index (κ2) is 7.06. The molecule has 1 fully saturated rings. The Kier molecular flexibility index (Phi) is 5.61. The van der Waals surface area contributed by atoms with Gasteiger partial charge in [0.15, 0.2) is 0 Å². The van der Waals surface area contributed by atoms with Gasteiger partial charge in [0.1, 0.15) is 4.21 Å². The van der Waals surface area contributed by atoms with Crippen LogP contribution in [0.2, 0.25) is 4.34 Å². The van der Waals surface area contributed by atoms with Crippen molar-refractivity contribution in [1.29, 1.82) is 0 Å². The molecule has 6 nitrogen and oxygen atoms in total. The molecular weight excluding hydrogens is 336 g/mol. The number of hydrogen-bond acceptors (Lipinski definition) is 5. The van der Waals surface area contributed by atoms with E-state index in [1.54, 1.807) is 6.07 Å². The largest absolute Gasteiger partial charge is 0.480 e. The summed E-state index contributed by atoms with van der Waals surface area (Å²) < 4.78 is 27.2. The van der Waals surface area contributed by atoms with Gasteiger partial charge in [-0.05, 0) is 37.4 Å². The van der Waals surface area contributed by atoms with Gasteiger partial charge < -0.3 is 10.4 Å². The second-order valence-corrected chi connectivity index (χ2v) is 8.83. The Labute approximate surface area is 132 Å². The molecule has 0 radical (unpaired) electrons.